The van der Waals surface area contributed by atoms with Gasteiger partial charge in [-0.2, -0.15) is 0 Å². The molecule has 0 fully saturated rings. The molecule has 66 heavy (non-hydrogen) atoms. The average Bonchev–Trinajstić information content (AvgIpc) is 3.97. The zero-order valence-corrected chi connectivity index (χ0v) is 37.2. The van der Waals surface area contributed by atoms with Crippen LogP contribution in [0, 0.1) is 0 Å². The van der Waals surface area contributed by atoms with E-state index < -0.39 is 6.04 Å². The summed E-state index contributed by atoms with van der Waals surface area (Å²) < 4.78 is 48.5. The van der Waals surface area contributed by atoms with Crippen molar-refractivity contribution in [3.05, 3.63) is 236 Å². The molecule has 14 rings (SSSR count). The van der Waals surface area contributed by atoms with E-state index >= 15 is 0 Å². The summed E-state index contributed by atoms with van der Waals surface area (Å²) >= 11 is 0.0261. The molecule has 0 spiro atoms. The first kappa shape index (κ1) is 32.6. The van der Waals surface area contributed by atoms with E-state index in [0.29, 0.717) is 5.56 Å². The zero-order chi connectivity index (χ0) is 47.6. The summed E-state index contributed by atoms with van der Waals surface area (Å²) in [5, 5.41) is 13.5. The minimum atomic E-state index is -0.395. The van der Waals surface area contributed by atoms with E-state index in [1.165, 1.54) is 84.9 Å². The molecule has 0 N–H and O–H groups in total. The van der Waals surface area contributed by atoms with Gasteiger partial charge in [-0.1, -0.05) is 36.4 Å². The summed E-state index contributed by atoms with van der Waals surface area (Å²) in [5.41, 5.74) is 11.5. The van der Waals surface area contributed by atoms with E-state index in [4.69, 9.17) is 6.85 Å². The van der Waals surface area contributed by atoms with E-state index in [0.717, 1.165) is 38.4 Å². The second-order valence-corrected chi connectivity index (χ2v) is 19.3. The number of aromatic nitrogens is 1. The standard InChI is InChI=1S/C64H39NSe/c1-2-17-40(18-3-1)60-46-21-4-6-23-48(46)62(49-24-7-5-22-47(49)60)42-35-38-59-56(39-42)54-29-16-30-55(64(54)66-59)63-52-27-10-8-25-50(52)61(51-26-9-11-28-53(51)63)41-33-36-43(37-34-41)65-57-31-14-12-19-44(57)45-20-13-15-32-58(45)65/h1-39H/i1D,2D,3D,17D,18D. The SMILES string of the molecule is [2H]c1c([2H])c([2H])c(-c2c3ccccc3c(-c3ccc4[se]c5c(-c6c7ccccc7c(-c7ccc(-n8c9ccccc9c9ccccc98)cc7)c7ccccc67)cccc5c4c3)c3ccccc23)c([2H])c1[2H]. The Bertz CT molecular complexity index is 4390. The molecule has 2 heterocycles. The number of para-hydroxylation sites is 2. The van der Waals surface area contributed by atoms with Gasteiger partial charge in [-0.3, -0.25) is 0 Å². The Morgan fingerprint density at radius 3 is 1.27 bits per heavy atom. The Morgan fingerprint density at radius 2 is 0.742 bits per heavy atom. The monoisotopic (exact) mass is 906 g/mol. The molecule has 0 atom stereocenters. The summed E-state index contributed by atoms with van der Waals surface area (Å²) in [6, 6.07) is 72.7. The number of rotatable bonds is 5. The van der Waals surface area contributed by atoms with Crippen molar-refractivity contribution in [3.8, 4) is 50.2 Å². The molecule has 0 unspecified atom stereocenters. The van der Waals surface area contributed by atoms with Crippen LogP contribution in [0.25, 0.3) is 134 Å². The van der Waals surface area contributed by atoms with E-state index in [2.05, 4.69) is 174 Å². The fourth-order valence-electron chi connectivity index (χ4n) is 10.9. The third-order valence-electron chi connectivity index (χ3n) is 13.7. The first-order valence-corrected chi connectivity index (χ1v) is 24.1. The Hall–Kier alpha value is -8.00. The molecule has 12 aromatic carbocycles. The topological polar surface area (TPSA) is 4.93 Å². The van der Waals surface area contributed by atoms with Crippen LogP contribution in [0.3, 0.4) is 0 Å². The predicted molar refractivity (Wildman–Crippen MR) is 285 cm³/mol. The molecule has 1 nitrogen and oxygen atoms in total. The zero-order valence-electron chi connectivity index (χ0n) is 40.5. The number of hydrogen-bond acceptors (Lipinski definition) is 0. The number of benzene rings is 12. The molecule has 14 aromatic rings. The van der Waals surface area contributed by atoms with E-state index in [1.807, 2.05) is 36.4 Å². The summed E-state index contributed by atoms with van der Waals surface area (Å²) in [6.45, 7) is 0. The van der Waals surface area contributed by atoms with E-state index in [1.54, 1.807) is 0 Å². The molecule has 0 aliphatic carbocycles. The van der Waals surface area contributed by atoms with Crippen LogP contribution < -0.4 is 0 Å². The van der Waals surface area contributed by atoms with E-state index in [-0.39, 0.29) is 44.2 Å². The van der Waals surface area contributed by atoms with Crippen molar-refractivity contribution in [2.75, 3.05) is 0 Å². The molecule has 0 bridgehead atoms. The van der Waals surface area contributed by atoms with Gasteiger partial charge in [-0.15, -0.1) is 0 Å². The van der Waals surface area contributed by atoms with Crippen molar-refractivity contribution in [1.82, 2.24) is 4.57 Å². The average molecular weight is 906 g/mol. The van der Waals surface area contributed by atoms with Crippen molar-refractivity contribution >= 4 is 98.7 Å². The molecular weight excluding hydrogens is 862 g/mol. The summed E-state index contributed by atoms with van der Waals surface area (Å²) in [4.78, 5) is 0. The van der Waals surface area contributed by atoms with Gasteiger partial charge in [0.25, 0.3) is 0 Å². The van der Waals surface area contributed by atoms with Crippen molar-refractivity contribution < 1.29 is 6.85 Å². The van der Waals surface area contributed by atoms with Crippen LogP contribution in [0.2, 0.25) is 0 Å². The van der Waals surface area contributed by atoms with Crippen molar-refractivity contribution in [3.63, 3.8) is 0 Å². The Balaban J connectivity index is 0.949. The molecular formula is C64H39NSe. The van der Waals surface area contributed by atoms with Crippen LogP contribution in [0.5, 0.6) is 0 Å². The molecule has 0 saturated carbocycles. The Morgan fingerprint density at radius 1 is 0.318 bits per heavy atom. The maximum atomic E-state index is 9.01. The quantitative estimate of drug-likeness (QED) is 0.120. The molecule has 0 aliphatic rings. The van der Waals surface area contributed by atoms with Gasteiger partial charge in [0, 0.05) is 10.8 Å². The Labute approximate surface area is 394 Å². The van der Waals surface area contributed by atoms with Crippen molar-refractivity contribution in [1.29, 1.82) is 0 Å². The molecule has 0 radical (unpaired) electrons. The van der Waals surface area contributed by atoms with Crippen LogP contribution in [-0.4, -0.2) is 19.1 Å². The van der Waals surface area contributed by atoms with Gasteiger partial charge in [-0.25, -0.2) is 0 Å². The van der Waals surface area contributed by atoms with Gasteiger partial charge in [0.15, 0.2) is 0 Å². The number of fused-ring (bicyclic) bond motifs is 10. The number of hydrogen-bond donors (Lipinski definition) is 0. The van der Waals surface area contributed by atoms with Crippen LogP contribution in [-0.2, 0) is 0 Å². The minimum absolute atomic E-state index is 0.0261. The van der Waals surface area contributed by atoms with Gasteiger partial charge in [-0.05, 0) is 12.1 Å². The van der Waals surface area contributed by atoms with E-state index in [9.17, 15) is 0 Å². The molecule has 2 heteroatoms. The van der Waals surface area contributed by atoms with Gasteiger partial charge in [0.05, 0.1) is 1.37 Å². The normalized spacial score (nSPS) is 13.0. The summed E-state index contributed by atoms with van der Waals surface area (Å²) in [7, 11) is 0. The van der Waals surface area contributed by atoms with Gasteiger partial charge in [0.2, 0.25) is 0 Å². The second kappa shape index (κ2) is 14.8. The van der Waals surface area contributed by atoms with Crippen LogP contribution in [0.1, 0.15) is 6.85 Å². The first-order chi connectivity index (χ1) is 34.9. The fraction of sp³-hybridized carbons (Fsp3) is 0. The third kappa shape index (κ3) is 5.53. The fourth-order valence-corrected chi connectivity index (χ4v) is 13.5. The van der Waals surface area contributed by atoms with Crippen LogP contribution >= 0.6 is 0 Å². The first-order valence-electron chi connectivity index (χ1n) is 24.8. The van der Waals surface area contributed by atoms with Crippen LogP contribution in [0.15, 0.2) is 236 Å². The molecule has 0 aliphatic heterocycles. The van der Waals surface area contributed by atoms with Gasteiger partial charge < -0.3 is 0 Å². The molecule has 0 amide bonds. The second-order valence-electron chi connectivity index (χ2n) is 17.1. The maximum absolute atomic E-state index is 9.01. The Kier molecular flexibility index (Phi) is 7.30. The van der Waals surface area contributed by atoms with Crippen molar-refractivity contribution in [2.24, 2.45) is 0 Å². The summed E-state index contributed by atoms with van der Waals surface area (Å²) in [5.74, 6) is 0. The molecule has 0 saturated heterocycles. The summed E-state index contributed by atoms with van der Waals surface area (Å²) in [6.07, 6.45) is 0. The van der Waals surface area contributed by atoms with Gasteiger partial charge >= 0.3 is 336 Å². The third-order valence-corrected chi connectivity index (χ3v) is 16.2. The predicted octanol–water partition coefficient (Wildman–Crippen LogP) is 17.4. The molecule has 306 valence electrons. The molecule has 2 aromatic heterocycles. The van der Waals surface area contributed by atoms with Crippen molar-refractivity contribution in [2.45, 2.75) is 0 Å². The number of nitrogens with zero attached hydrogens (tertiary/aromatic N) is 1. The van der Waals surface area contributed by atoms with Crippen LogP contribution in [0.4, 0.5) is 0 Å². The van der Waals surface area contributed by atoms with Gasteiger partial charge in [0.1, 0.15) is 0 Å².